The minimum absolute atomic E-state index is 0.0308. The van der Waals surface area contributed by atoms with E-state index in [4.69, 9.17) is 10.5 Å². The molecule has 3 aromatic rings. The van der Waals surface area contributed by atoms with Crippen LogP contribution in [0, 0.1) is 18.3 Å². The van der Waals surface area contributed by atoms with Gasteiger partial charge in [0.2, 0.25) is 11.8 Å². The summed E-state index contributed by atoms with van der Waals surface area (Å²) in [6.45, 7) is 12.8. The van der Waals surface area contributed by atoms with Crippen LogP contribution in [0.1, 0.15) is 91.0 Å². The molecule has 1 fully saturated rings. The van der Waals surface area contributed by atoms with Gasteiger partial charge in [-0.05, 0) is 70.9 Å². The summed E-state index contributed by atoms with van der Waals surface area (Å²) in [7, 11) is 0. The van der Waals surface area contributed by atoms with Gasteiger partial charge in [-0.1, -0.05) is 57.0 Å². The Kier molecular flexibility index (Phi) is 12.5. The van der Waals surface area contributed by atoms with Gasteiger partial charge >= 0.3 is 0 Å². The van der Waals surface area contributed by atoms with Crippen molar-refractivity contribution >= 4 is 40.2 Å². The first-order valence-electron chi connectivity index (χ1n) is 18.7. The van der Waals surface area contributed by atoms with Crippen molar-refractivity contribution in [1.82, 2.24) is 25.2 Å². The Morgan fingerprint density at radius 3 is 2.33 bits per heavy atom. The van der Waals surface area contributed by atoms with E-state index >= 15 is 0 Å². The number of ether oxygens (including phenoxy) is 1. The fourth-order valence-electron chi connectivity index (χ4n) is 7.63. The molecule has 1 aliphatic carbocycles. The molecule has 290 valence electrons. The van der Waals surface area contributed by atoms with Crippen molar-refractivity contribution in [1.29, 1.82) is 0 Å². The maximum Gasteiger partial charge on any atom is 0.242 e. The number of ketones is 2. The molecule has 1 aromatic carbocycles. The van der Waals surface area contributed by atoms with Crippen molar-refractivity contribution < 1.29 is 34.1 Å². The second-order valence-electron chi connectivity index (χ2n) is 15.5. The lowest BCUT2D eigenvalue weighted by molar-refractivity contribution is -0.130. The van der Waals surface area contributed by atoms with Crippen LogP contribution in [0.4, 0.5) is 5.69 Å². The molecule has 3 heterocycles. The number of amides is 2. The molecule has 1 saturated heterocycles. The summed E-state index contributed by atoms with van der Waals surface area (Å²) in [6.07, 6.45) is 1.37. The molecule has 2 unspecified atom stereocenters. The van der Waals surface area contributed by atoms with Gasteiger partial charge in [0.15, 0.2) is 23.4 Å². The summed E-state index contributed by atoms with van der Waals surface area (Å²) in [4.78, 5) is 62.3. The van der Waals surface area contributed by atoms with E-state index in [9.17, 15) is 29.4 Å². The number of aliphatic hydroxyl groups excluding tert-OH is 2. The van der Waals surface area contributed by atoms with Gasteiger partial charge in [-0.25, -0.2) is 9.97 Å². The molecular formula is C41H54N6O7. The van der Waals surface area contributed by atoms with Crippen molar-refractivity contribution in [3.05, 3.63) is 76.3 Å². The van der Waals surface area contributed by atoms with Gasteiger partial charge in [-0.15, -0.1) is 0 Å². The Balaban J connectivity index is 1.27. The van der Waals surface area contributed by atoms with Gasteiger partial charge in [-0.3, -0.25) is 23.7 Å². The number of imidazole rings is 1. The number of nitrogen functional groups attached to an aromatic ring is 1. The number of aliphatic hydroxyl groups is 2. The Labute approximate surface area is 316 Å². The highest BCUT2D eigenvalue weighted by molar-refractivity contribution is 6.25. The first kappa shape index (κ1) is 40.5. The summed E-state index contributed by atoms with van der Waals surface area (Å²) in [5.41, 5.74) is 10.1. The predicted molar refractivity (Wildman–Crippen MR) is 205 cm³/mol. The van der Waals surface area contributed by atoms with E-state index in [0.29, 0.717) is 77.8 Å². The minimum Gasteiger partial charge on any atom is -0.397 e. The molecule has 5 rings (SSSR count). The highest BCUT2D eigenvalue weighted by Crippen LogP contribution is 2.39. The van der Waals surface area contributed by atoms with E-state index in [1.54, 1.807) is 51.4 Å². The van der Waals surface area contributed by atoms with Crippen LogP contribution >= 0.6 is 0 Å². The number of carbonyl (C=O) groups excluding carboxylic acids is 4. The van der Waals surface area contributed by atoms with Gasteiger partial charge in [0.25, 0.3) is 0 Å². The van der Waals surface area contributed by atoms with Gasteiger partial charge < -0.3 is 31.3 Å². The zero-order valence-corrected chi connectivity index (χ0v) is 32.3. The number of aromatic nitrogens is 3. The van der Waals surface area contributed by atoms with Crippen LogP contribution in [0.15, 0.2) is 65.1 Å². The lowest BCUT2D eigenvalue weighted by atomic mass is 9.71. The summed E-state index contributed by atoms with van der Waals surface area (Å²) in [5.74, 6) is -1.23. The fourth-order valence-corrected chi connectivity index (χ4v) is 7.63. The van der Waals surface area contributed by atoms with E-state index in [2.05, 4.69) is 20.6 Å². The molecule has 54 heavy (non-hydrogen) atoms. The number of allylic oxidation sites excluding steroid dienone is 4. The number of hydrogen-bond donors (Lipinski definition) is 5. The van der Waals surface area contributed by atoms with Crippen LogP contribution in [0.25, 0.3) is 11.2 Å². The Morgan fingerprint density at radius 1 is 0.963 bits per heavy atom. The molecular weight excluding hydrogens is 688 g/mol. The number of aryl methyl sites for hydroxylation is 1. The molecule has 0 bridgehead atoms. The SMILES string of the molecule is CC[C@@H](CCC(NC(=O)CC(C)(C)C1=C(C)C(=O)C(C)=C(C)C1=O)C(=O)NCCc1ccc(C)cc1)C[C@H]1O[C@@H](n2cnc3c(N)ccnc32)[C@@H](O)C1O. The third kappa shape index (κ3) is 8.64. The molecule has 0 saturated carbocycles. The Bertz CT molecular complexity index is 1960. The lowest BCUT2D eigenvalue weighted by Gasteiger charge is -2.32. The van der Waals surface area contributed by atoms with E-state index < -0.39 is 41.9 Å². The molecule has 1 aliphatic heterocycles. The van der Waals surface area contributed by atoms with E-state index in [1.165, 1.54) is 6.33 Å². The zero-order chi connectivity index (χ0) is 39.5. The first-order valence-corrected chi connectivity index (χ1v) is 18.7. The molecule has 6 N–H and O–H groups in total. The topological polar surface area (TPSA) is 199 Å². The molecule has 0 radical (unpaired) electrons. The number of benzene rings is 1. The zero-order valence-electron chi connectivity index (χ0n) is 32.3. The molecule has 0 spiro atoms. The Hall–Kier alpha value is -4.72. The van der Waals surface area contributed by atoms with Crippen LogP contribution in [-0.2, 0) is 30.3 Å². The molecule has 2 amide bonds. The summed E-state index contributed by atoms with van der Waals surface area (Å²) >= 11 is 0. The molecule has 13 nitrogen and oxygen atoms in total. The smallest absolute Gasteiger partial charge is 0.242 e. The summed E-state index contributed by atoms with van der Waals surface area (Å²) in [6, 6.07) is 8.82. The van der Waals surface area contributed by atoms with Crippen molar-refractivity contribution in [3.8, 4) is 0 Å². The van der Waals surface area contributed by atoms with Crippen molar-refractivity contribution in [2.45, 2.75) is 118 Å². The van der Waals surface area contributed by atoms with Crippen molar-refractivity contribution in [3.63, 3.8) is 0 Å². The lowest BCUT2D eigenvalue weighted by Crippen LogP contribution is -2.48. The van der Waals surface area contributed by atoms with Crippen LogP contribution in [0.3, 0.4) is 0 Å². The van der Waals surface area contributed by atoms with Gasteiger partial charge in [-0.2, -0.15) is 0 Å². The number of nitrogens with one attached hydrogen (secondary N) is 2. The standard InChI is InChI=1S/C41H54N6O7/c1-8-26(19-30-36(51)37(52)40(54-30)47-21-45-33-28(42)16-18-43-38(33)47)13-14-29(39(53)44-17-15-27-11-9-22(2)10-12-27)46-31(48)20-41(6,7)32-25(5)34(49)23(3)24(4)35(32)50/h9-12,16,18,21,26,29-30,36-37,40,51-52H,8,13-15,17,19-20H2,1-7H3,(H2,42,43)(H,44,53)(H,46,48)/t26-,29?,30+,36?,37-,40+/m0/s1. The highest BCUT2D eigenvalue weighted by atomic mass is 16.6. The number of anilines is 1. The molecule has 2 aliphatic rings. The molecule has 2 aromatic heterocycles. The van der Waals surface area contributed by atoms with E-state index in [0.717, 1.165) is 11.1 Å². The average molecular weight is 743 g/mol. The summed E-state index contributed by atoms with van der Waals surface area (Å²) < 4.78 is 7.79. The number of pyridine rings is 1. The largest absolute Gasteiger partial charge is 0.397 e. The Morgan fingerprint density at radius 2 is 1.65 bits per heavy atom. The number of rotatable bonds is 15. The second kappa shape index (κ2) is 16.7. The molecule has 6 atom stereocenters. The second-order valence-corrected chi connectivity index (χ2v) is 15.5. The van der Waals surface area contributed by atoms with Crippen LogP contribution < -0.4 is 16.4 Å². The van der Waals surface area contributed by atoms with E-state index in [-0.39, 0.29) is 29.8 Å². The number of hydrogen-bond acceptors (Lipinski definition) is 10. The maximum atomic E-state index is 13.7. The number of nitrogens with zero attached hydrogens (tertiary/aromatic N) is 3. The number of fused-ring (bicyclic) bond motifs is 1. The van der Waals surface area contributed by atoms with Gasteiger partial charge in [0, 0.05) is 46.9 Å². The first-order chi connectivity index (χ1) is 25.5. The normalized spacial score (nSPS) is 21.9. The monoisotopic (exact) mass is 742 g/mol. The number of Topliss-reactive ketones (excluding diaryl/α,β-unsaturated/α-hetero) is 2. The highest BCUT2D eigenvalue weighted by Gasteiger charge is 2.45. The van der Waals surface area contributed by atoms with E-state index in [1.807, 2.05) is 38.1 Å². The third-order valence-corrected chi connectivity index (χ3v) is 11.1. The fraction of sp³-hybridized carbons (Fsp3) is 0.512. The number of carbonyl (C=O) groups is 4. The summed E-state index contributed by atoms with van der Waals surface area (Å²) in [5, 5.41) is 28.0. The van der Waals surface area contributed by atoms with Crippen molar-refractivity contribution in [2.24, 2.45) is 11.3 Å². The third-order valence-electron chi connectivity index (χ3n) is 11.1. The quantitative estimate of drug-likeness (QED) is 0.141. The van der Waals surface area contributed by atoms with Crippen LogP contribution in [0.5, 0.6) is 0 Å². The van der Waals surface area contributed by atoms with Crippen LogP contribution in [-0.4, -0.2) is 79.0 Å². The van der Waals surface area contributed by atoms with Gasteiger partial charge in [0.05, 0.1) is 18.1 Å². The average Bonchev–Trinajstić information content (AvgIpc) is 3.68. The van der Waals surface area contributed by atoms with Crippen LogP contribution in [0.2, 0.25) is 0 Å². The minimum atomic E-state index is -1.24. The molecule has 13 heteroatoms. The maximum absolute atomic E-state index is 13.7. The van der Waals surface area contributed by atoms with Crippen molar-refractivity contribution in [2.75, 3.05) is 12.3 Å². The predicted octanol–water partition coefficient (Wildman–Crippen LogP) is 4.20. The number of nitrogens with two attached hydrogens (primary N) is 1. The van der Waals surface area contributed by atoms with Gasteiger partial charge in [0.1, 0.15) is 23.8 Å².